The number of nitrogens with zero attached hydrogens (tertiary/aromatic N) is 1. The van der Waals surface area contributed by atoms with Crippen LogP contribution in [0.1, 0.15) is 44.6 Å². The van der Waals surface area contributed by atoms with Crippen molar-refractivity contribution < 1.29 is 32.4 Å². The van der Waals surface area contributed by atoms with Crippen LogP contribution in [0.4, 0.5) is 17.6 Å². The normalized spacial score (nSPS) is 14.1. The van der Waals surface area contributed by atoms with E-state index in [0.717, 1.165) is 23.3 Å². The van der Waals surface area contributed by atoms with Crippen molar-refractivity contribution >= 4 is 11.8 Å². The van der Waals surface area contributed by atoms with Crippen molar-refractivity contribution in [1.82, 2.24) is 10.4 Å². The number of hydrogen-bond donors (Lipinski definition) is 2. The van der Waals surface area contributed by atoms with Crippen LogP contribution in [-0.2, 0) is 37.0 Å². The Morgan fingerprint density at radius 2 is 1.80 bits per heavy atom. The monoisotopic (exact) mass is 424 g/mol. The van der Waals surface area contributed by atoms with Gasteiger partial charge in [-0.3, -0.25) is 14.8 Å². The minimum absolute atomic E-state index is 0.113. The Kier molecular flexibility index (Phi) is 6.40. The van der Waals surface area contributed by atoms with Gasteiger partial charge in [0.05, 0.1) is 12.0 Å². The van der Waals surface area contributed by atoms with Crippen LogP contribution in [-0.4, -0.2) is 28.5 Å². The lowest BCUT2D eigenvalue weighted by Gasteiger charge is -2.21. The van der Waals surface area contributed by atoms with Crippen molar-refractivity contribution in [3.05, 3.63) is 69.8 Å². The van der Waals surface area contributed by atoms with Crippen LogP contribution < -0.4 is 5.48 Å². The highest BCUT2D eigenvalue weighted by molar-refractivity contribution is 5.93. The second kappa shape index (κ2) is 8.83. The second-order valence-corrected chi connectivity index (χ2v) is 7.19. The van der Waals surface area contributed by atoms with E-state index in [9.17, 15) is 27.2 Å². The van der Waals surface area contributed by atoms with Gasteiger partial charge in [0.1, 0.15) is 6.67 Å². The Balaban J connectivity index is 1.79. The zero-order valence-electron chi connectivity index (χ0n) is 15.9. The van der Waals surface area contributed by atoms with Crippen LogP contribution in [0.25, 0.3) is 0 Å². The predicted molar refractivity (Wildman–Crippen MR) is 99.4 cm³/mol. The van der Waals surface area contributed by atoms with Crippen molar-refractivity contribution in [2.24, 2.45) is 0 Å². The summed E-state index contributed by atoms with van der Waals surface area (Å²) in [5.74, 6) is -0.993. The lowest BCUT2D eigenvalue weighted by atomic mass is 10.0. The van der Waals surface area contributed by atoms with E-state index >= 15 is 0 Å². The third-order valence-electron chi connectivity index (χ3n) is 5.05. The first-order chi connectivity index (χ1) is 14.2. The molecule has 3 rings (SSSR count). The predicted octanol–water partition coefficient (Wildman–Crippen LogP) is 3.81. The first-order valence-corrected chi connectivity index (χ1v) is 9.31. The summed E-state index contributed by atoms with van der Waals surface area (Å²) in [6.45, 7) is -0.389. The number of nitrogens with one attached hydrogen (secondary N) is 1. The van der Waals surface area contributed by atoms with Gasteiger partial charge in [-0.1, -0.05) is 12.1 Å². The fourth-order valence-corrected chi connectivity index (χ4v) is 3.57. The van der Waals surface area contributed by atoms with Crippen molar-refractivity contribution in [3.63, 3.8) is 0 Å². The average Bonchev–Trinajstić information content (AvgIpc) is 2.94. The van der Waals surface area contributed by atoms with Gasteiger partial charge in [-0.25, -0.2) is 9.87 Å². The van der Waals surface area contributed by atoms with Gasteiger partial charge in [-0.15, -0.1) is 0 Å². The molecular weight excluding hydrogens is 404 g/mol. The van der Waals surface area contributed by atoms with Crippen LogP contribution >= 0.6 is 0 Å². The number of benzene rings is 2. The number of aryl methyl sites for hydroxylation is 1. The van der Waals surface area contributed by atoms with E-state index in [1.807, 2.05) is 0 Å². The number of carbonyl (C=O) groups excluding carboxylic acids is 2. The van der Waals surface area contributed by atoms with Crippen molar-refractivity contribution in [2.75, 3.05) is 6.54 Å². The molecule has 9 heteroatoms. The van der Waals surface area contributed by atoms with E-state index in [0.29, 0.717) is 24.9 Å². The van der Waals surface area contributed by atoms with E-state index in [1.54, 1.807) is 22.5 Å². The van der Waals surface area contributed by atoms with Gasteiger partial charge in [-0.2, -0.15) is 13.2 Å². The molecule has 2 amide bonds. The quantitative estimate of drug-likeness (QED) is 0.446. The summed E-state index contributed by atoms with van der Waals surface area (Å²) in [7, 11) is 0. The fourth-order valence-electron chi connectivity index (χ4n) is 3.57. The van der Waals surface area contributed by atoms with Gasteiger partial charge >= 0.3 is 6.18 Å². The lowest BCUT2D eigenvalue weighted by molar-refractivity contribution is -0.138. The number of halogens is 4. The smallest absolute Gasteiger partial charge is 0.338 e. The second-order valence-electron chi connectivity index (χ2n) is 7.19. The Labute approximate surface area is 170 Å². The molecule has 0 radical (unpaired) electrons. The lowest BCUT2D eigenvalue weighted by Crippen LogP contribution is -2.32. The Bertz CT molecular complexity index is 960. The summed E-state index contributed by atoms with van der Waals surface area (Å²) in [6.07, 6.45) is -3.66. The Morgan fingerprint density at radius 1 is 1.07 bits per heavy atom. The van der Waals surface area contributed by atoms with Crippen LogP contribution in [0.5, 0.6) is 0 Å². The molecule has 2 aromatic rings. The van der Waals surface area contributed by atoms with Crippen LogP contribution in [0.2, 0.25) is 0 Å². The summed E-state index contributed by atoms with van der Waals surface area (Å²) in [5, 5.41) is 8.76. The molecule has 0 unspecified atom stereocenters. The van der Waals surface area contributed by atoms with Crippen molar-refractivity contribution in [1.29, 1.82) is 0 Å². The highest BCUT2D eigenvalue weighted by Gasteiger charge is 2.31. The number of carbonyl (C=O) groups is 2. The molecule has 1 heterocycles. The molecule has 0 aliphatic carbocycles. The molecule has 1 aliphatic heterocycles. The van der Waals surface area contributed by atoms with E-state index in [1.165, 1.54) is 12.1 Å². The van der Waals surface area contributed by atoms with Crippen LogP contribution in [0.15, 0.2) is 36.4 Å². The minimum atomic E-state index is -4.62. The van der Waals surface area contributed by atoms with Crippen LogP contribution in [0, 0.1) is 0 Å². The first-order valence-electron chi connectivity index (χ1n) is 9.31. The summed E-state index contributed by atoms with van der Waals surface area (Å²) >= 11 is 0. The molecule has 0 aromatic heterocycles. The van der Waals surface area contributed by atoms with Gasteiger partial charge in [0, 0.05) is 18.7 Å². The molecule has 0 bridgehead atoms. The van der Waals surface area contributed by atoms with Crippen molar-refractivity contribution in [3.8, 4) is 0 Å². The fraction of sp³-hybridized carbons (Fsp3) is 0.333. The van der Waals surface area contributed by atoms with E-state index in [4.69, 9.17) is 5.21 Å². The number of rotatable bonds is 4. The highest BCUT2D eigenvalue weighted by atomic mass is 19.4. The SMILES string of the molecule is O=C(NO)c1ccc2c(c1)CCCN(C(=O)Cc1cc(CF)cc(C(F)(F)F)c1)C2. The summed E-state index contributed by atoms with van der Waals surface area (Å²) in [6, 6.07) is 7.77. The third-order valence-corrected chi connectivity index (χ3v) is 5.05. The topological polar surface area (TPSA) is 69.6 Å². The van der Waals surface area contributed by atoms with Gasteiger partial charge in [-0.05, 0) is 59.4 Å². The molecule has 0 atom stereocenters. The summed E-state index contributed by atoms with van der Waals surface area (Å²) in [4.78, 5) is 25.9. The molecule has 2 aromatic carbocycles. The molecule has 2 N–H and O–H groups in total. The molecule has 0 saturated heterocycles. The first kappa shape index (κ1) is 21.8. The zero-order chi connectivity index (χ0) is 21.9. The summed E-state index contributed by atoms with van der Waals surface area (Å²) < 4.78 is 52.1. The van der Waals surface area contributed by atoms with E-state index < -0.39 is 24.3 Å². The maximum absolute atomic E-state index is 13.0. The van der Waals surface area contributed by atoms with Crippen LogP contribution in [0.3, 0.4) is 0 Å². The maximum Gasteiger partial charge on any atom is 0.416 e. The molecule has 0 fully saturated rings. The van der Waals surface area contributed by atoms with Gasteiger partial charge in [0.15, 0.2) is 0 Å². The molecule has 0 spiro atoms. The van der Waals surface area contributed by atoms with Gasteiger partial charge in [0.25, 0.3) is 5.91 Å². The van der Waals surface area contributed by atoms with E-state index in [2.05, 4.69) is 0 Å². The number of alkyl halides is 4. The molecule has 0 saturated carbocycles. The molecular formula is C21H20F4N2O3. The minimum Gasteiger partial charge on any atom is -0.338 e. The number of hydroxylamine groups is 1. The molecule has 5 nitrogen and oxygen atoms in total. The van der Waals surface area contributed by atoms with Gasteiger partial charge in [0.2, 0.25) is 5.91 Å². The van der Waals surface area contributed by atoms with Gasteiger partial charge < -0.3 is 4.90 Å². The van der Waals surface area contributed by atoms with Crippen molar-refractivity contribution in [2.45, 2.75) is 38.7 Å². The third kappa shape index (κ3) is 4.96. The Morgan fingerprint density at radius 3 is 2.47 bits per heavy atom. The van der Waals surface area contributed by atoms with E-state index in [-0.39, 0.29) is 30.0 Å². The molecule has 160 valence electrons. The average molecular weight is 424 g/mol. The molecule has 30 heavy (non-hydrogen) atoms. The number of fused-ring (bicyclic) bond motifs is 1. The zero-order valence-corrected chi connectivity index (χ0v) is 15.9. The highest BCUT2D eigenvalue weighted by Crippen LogP contribution is 2.31. The standard InChI is InChI=1S/C21H20F4N2O3/c22-11-14-6-13(7-18(8-14)21(23,24)25)9-19(28)27-5-1-2-15-10-16(20(29)26-30)3-4-17(15)12-27/h3-4,6-8,10,30H,1-2,5,9,11-12H2,(H,26,29). The molecule has 1 aliphatic rings. The largest absolute Gasteiger partial charge is 0.416 e. The maximum atomic E-state index is 13.0. The summed E-state index contributed by atoms with van der Waals surface area (Å²) in [5.41, 5.74) is 2.57. The number of amides is 2. The Hall–Kier alpha value is -2.94. The number of hydrogen-bond acceptors (Lipinski definition) is 3.